The van der Waals surface area contributed by atoms with Crippen LogP contribution in [0.15, 0.2) is 105 Å². The number of carbonyl (C=O) groups excluding carboxylic acids is 2. The van der Waals surface area contributed by atoms with Gasteiger partial charge >= 0.3 is 11.9 Å². The number of ether oxygens (including phenoxy) is 6. The first-order valence-electron chi connectivity index (χ1n) is 23.8. The van der Waals surface area contributed by atoms with Crippen LogP contribution in [0.4, 0.5) is 22.7 Å². The van der Waals surface area contributed by atoms with Gasteiger partial charge in [0.2, 0.25) is 20.0 Å². The third-order valence-corrected chi connectivity index (χ3v) is 18.7. The summed E-state index contributed by atoms with van der Waals surface area (Å²) in [6.45, 7) is 8.13. The van der Waals surface area contributed by atoms with E-state index in [0.717, 1.165) is 59.7 Å². The van der Waals surface area contributed by atoms with Gasteiger partial charge in [0, 0.05) is 77.0 Å². The molecule has 2 aliphatic rings. The fourth-order valence-electron chi connectivity index (χ4n) is 8.39. The highest BCUT2D eigenvalue weighted by Gasteiger charge is 2.41. The van der Waals surface area contributed by atoms with E-state index >= 15 is 0 Å². The summed E-state index contributed by atoms with van der Waals surface area (Å²) >= 11 is 2.89. The first kappa shape index (κ1) is 58.4. The Balaban J connectivity index is 0.000000267. The zero-order chi connectivity index (χ0) is 53.0. The Morgan fingerprint density at radius 3 is 1.24 bits per heavy atom. The minimum Gasteiger partial charge on any atom is -0.489 e. The molecule has 72 heavy (non-hydrogen) atoms. The Bertz CT molecular complexity index is 2500. The van der Waals surface area contributed by atoms with Gasteiger partial charge in [0.15, 0.2) is 11.2 Å². The molecule has 6 rings (SSSR count). The van der Waals surface area contributed by atoms with Gasteiger partial charge in [-0.15, -0.1) is 23.5 Å². The largest absolute Gasteiger partial charge is 0.489 e. The average Bonchev–Trinajstić information content (AvgIpc) is 3.53. The first-order chi connectivity index (χ1) is 34.2. The molecule has 2 heterocycles. The second kappa shape index (κ2) is 25.6. The molecule has 0 radical (unpaired) electrons. The number of hydrogen-bond acceptors (Lipinski definition) is 16. The number of nitrogens with zero attached hydrogens (tertiary/aromatic N) is 4. The highest BCUT2D eigenvalue weighted by Crippen LogP contribution is 2.45. The van der Waals surface area contributed by atoms with Crippen molar-refractivity contribution in [2.75, 3.05) is 91.1 Å². The molecule has 0 fully saturated rings. The Labute approximate surface area is 436 Å². The maximum absolute atomic E-state index is 13.9. The van der Waals surface area contributed by atoms with Crippen molar-refractivity contribution in [2.45, 2.75) is 109 Å². The standard InChI is InChI=1S/2C26H36N2O6S2/c2*1-7-8-12-20-17-28(19-13-10-9-11-14-19)21-15-23(35-6)22(16-24(21)36(30,31)27(20)3)34-18-26(2,33-5)25(29)32-4/h2*9-11,13-16,20H,7-8,12,17-18H2,1-6H3/t2*20?,26-/m10/s1. The number of carbonyl (C=O) groups is 2. The van der Waals surface area contributed by atoms with Crippen LogP contribution in [-0.4, -0.2) is 142 Å². The lowest BCUT2D eigenvalue weighted by molar-refractivity contribution is -0.167. The molecule has 0 amide bonds. The van der Waals surface area contributed by atoms with E-state index in [1.54, 1.807) is 40.1 Å². The molecular weight excluding hydrogens is 1000 g/mol. The van der Waals surface area contributed by atoms with Crippen LogP contribution >= 0.6 is 23.5 Å². The van der Waals surface area contributed by atoms with Gasteiger partial charge in [0.1, 0.15) is 34.5 Å². The van der Waals surface area contributed by atoms with Gasteiger partial charge in [-0.3, -0.25) is 0 Å². The van der Waals surface area contributed by atoms with Crippen molar-refractivity contribution < 1.29 is 54.8 Å². The lowest BCUT2D eigenvalue weighted by Gasteiger charge is -2.30. The van der Waals surface area contributed by atoms with Crippen molar-refractivity contribution in [3.63, 3.8) is 0 Å². The lowest BCUT2D eigenvalue weighted by Crippen LogP contribution is -2.44. The molecule has 4 aromatic rings. The minimum absolute atomic E-state index is 0.139. The van der Waals surface area contributed by atoms with E-state index in [2.05, 4.69) is 23.6 Å². The number of sulfonamides is 2. The lowest BCUT2D eigenvalue weighted by atomic mass is 10.1. The smallest absolute Gasteiger partial charge is 0.341 e. The number of thioether (sulfide) groups is 2. The predicted molar refractivity (Wildman–Crippen MR) is 286 cm³/mol. The summed E-state index contributed by atoms with van der Waals surface area (Å²) in [6, 6.07) is 26.1. The maximum Gasteiger partial charge on any atom is 0.341 e. The second-order valence-corrected chi connectivity index (χ2v) is 23.5. The Morgan fingerprint density at radius 1 is 0.597 bits per heavy atom. The number of fused-ring (bicyclic) bond motifs is 2. The van der Waals surface area contributed by atoms with Gasteiger partial charge in [-0.05, 0) is 75.6 Å². The van der Waals surface area contributed by atoms with Crippen LogP contribution in [0.3, 0.4) is 0 Å². The average molecular weight is 1070 g/mol. The summed E-state index contributed by atoms with van der Waals surface area (Å²) in [6.07, 6.45) is 9.14. The van der Waals surface area contributed by atoms with E-state index in [9.17, 15) is 26.4 Å². The summed E-state index contributed by atoms with van der Waals surface area (Å²) in [7, 11) is 1.02. The predicted octanol–water partition coefficient (Wildman–Crippen LogP) is 9.39. The van der Waals surface area contributed by atoms with Crippen LogP contribution < -0.4 is 19.3 Å². The number of likely N-dealkylation sites (N-methyl/N-ethyl adjacent to an activating group) is 2. The first-order valence-corrected chi connectivity index (χ1v) is 29.2. The molecular formula is C52H72N4O12S4. The SMILES string of the molecule is CCCCC1CN(c2ccccc2)c2cc(SC)c(OC[C@@](C)(OC)C(=O)OC)cc2S(=O)(=O)N1C.CCCCC1CN(c2ccccc2)c2cc(SC)c(OC[C@](C)(OC)C(=O)OC)cc2S(=O)(=O)N1C. The third-order valence-electron chi connectivity index (χ3n) is 13.3. The van der Waals surface area contributed by atoms with Crippen molar-refractivity contribution in [3.8, 4) is 11.5 Å². The molecule has 0 bridgehead atoms. The fourth-order valence-corrected chi connectivity index (χ4v) is 12.6. The maximum atomic E-state index is 13.9. The highest BCUT2D eigenvalue weighted by atomic mass is 32.2. The number of methoxy groups -OCH3 is 4. The van der Waals surface area contributed by atoms with E-state index in [4.69, 9.17) is 28.4 Å². The van der Waals surface area contributed by atoms with Crippen LogP contribution in [0.2, 0.25) is 0 Å². The molecule has 0 saturated carbocycles. The van der Waals surface area contributed by atoms with Gasteiger partial charge in [-0.2, -0.15) is 8.61 Å². The molecule has 4 atom stereocenters. The van der Waals surface area contributed by atoms with Crippen LogP contribution in [-0.2, 0) is 48.6 Å². The molecule has 16 nitrogen and oxygen atoms in total. The topological polar surface area (TPSA) is 171 Å². The van der Waals surface area contributed by atoms with Crippen LogP contribution in [0.5, 0.6) is 11.5 Å². The zero-order valence-corrected chi connectivity index (χ0v) is 46.9. The number of unbranched alkanes of at least 4 members (excludes halogenated alkanes) is 2. The molecule has 0 spiro atoms. The quantitative estimate of drug-likeness (QED) is 0.0605. The number of hydrogen-bond donors (Lipinski definition) is 0. The van der Waals surface area contributed by atoms with Crippen molar-refractivity contribution in [1.82, 2.24) is 8.61 Å². The summed E-state index contributed by atoms with van der Waals surface area (Å²) < 4.78 is 91.0. The number of benzene rings is 4. The van der Waals surface area contributed by atoms with E-state index in [-0.39, 0.29) is 35.1 Å². The van der Waals surface area contributed by atoms with Gasteiger partial charge < -0.3 is 38.2 Å². The summed E-state index contributed by atoms with van der Waals surface area (Å²) in [4.78, 5) is 30.5. The minimum atomic E-state index is -3.83. The Hall–Kier alpha value is -4.54. The number of rotatable bonds is 20. The van der Waals surface area contributed by atoms with E-state index in [1.807, 2.05) is 85.3 Å². The third kappa shape index (κ3) is 12.9. The van der Waals surface area contributed by atoms with Gasteiger partial charge in [0.25, 0.3) is 0 Å². The van der Waals surface area contributed by atoms with E-state index in [1.165, 1.54) is 60.6 Å². The van der Waals surface area contributed by atoms with E-state index in [0.29, 0.717) is 36.0 Å². The van der Waals surface area contributed by atoms with Crippen molar-refractivity contribution in [2.24, 2.45) is 0 Å². The molecule has 0 saturated heterocycles. The molecule has 0 N–H and O–H groups in total. The van der Waals surface area contributed by atoms with Crippen molar-refractivity contribution in [1.29, 1.82) is 0 Å². The van der Waals surface area contributed by atoms with Crippen molar-refractivity contribution in [3.05, 3.63) is 84.9 Å². The van der Waals surface area contributed by atoms with Crippen LogP contribution in [0.1, 0.15) is 66.2 Å². The normalized spacial score (nSPS) is 19.2. The van der Waals surface area contributed by atoms with Crippen molar-refractivity contribution >= 4 is 78.3 Å². The molecule has 0 aliphatic carbocycles. The van der Waals surface area contributed by atoms with Crippen LogP contribution in [0, 0.1) is 0 Å². The van der Waals surface area contributed by atoms with Gasteiger partial charge in [-0.1, -0.05) is 75.9 Å². The van der Waals surface area contributed by atoms with Crippen LogP contribution in [0.25, 0.3) is 0 Å². The second-order valence-electron chi connectivity index (χ2n) is 17.9. The summed E-state index contributed by atoms with van der Waals surface area (Å²) in [5.41, 5.74) is 0.369. The summed E-state index contributed by atoms with van der Waals surface area (Å²) in [5.74, 6) is -0.422. The molecule has 2 unspecified atom stereocenters. The van der Waals surface area contributed by atoms with Gasteiger partial charge in [0.05, 0.1) is 35.4 Å². The fraction of sp³-hybridized carbons (Fsp3) is 0.500. The number of para-hydroxylation sites is 2. The molecule has 396 valence electrons. The Morgan fingerprint density at radius 2 is 0.944 bits per heavy atom. The highest BCUT2D eigenvalue weighted by molar-refractivity contribution is 7.99. The molecule has 0 aromatic heterocycles. The number of esters is 2. The Kier molecular flexibility index (Phi) is 20.8. The van der Waals surface area contributed by atoms with E-state index < -0.39 is 43.2 Å². The number of anilines is 4. The van der Waals surface area contributed by atoms with Gasteiger partial charge in [-0.25, -0.2) is 26.4 Å². The monoisotopic (exact) mass is 1070 g/mol. The molecule has 4 aromatic carbocycles. The molecule has 20 heteroatoms. The zero-order valence-electron chi connectivity index (χ0n) is 43.6. The summed E-state index contributed by atoms with van der Waals surface area (Å²) in [5, 5.41) is 0. The molecule has 2 aliphatic heterocycles.